The number of H-pyrrole nitrogens is 1. The molecule has 0 spiro atoms. The molecule has 0 bridgehead atoms. The zero-order valence-electron chi connectivity index (χ0n) is 24.3. The lowest BCUT2D eigenvalue weighted by atomic mass is 9.83. The van der Waals surface area contributed by atoms with Gasteiger partial charge in [-0.1, -0.05) is 36.5 Å². The van der Waals surface area contributed by atoms with Gasteiger partial charge in [-0.05, 0) is 56.1 Å². The van der Waals surface area contributed by atoms with E-state index in [9.17, 15) is 4.79 Å². The molecule has 11 nitrogen and oxygen atoms in total. The van der Waals surface area contributed by atoms with Crippen LogP contribution in [0.4, 0.5) is 11.8 Å². The zero-order valence-corrected chi connectivity index (χ0v) is 25.1. The molecule has 0 amide bonds. The van der Waals surface area contributed by atoms with Crippen LogP contribution in [-0.2, 0) is 11.3 Å². The smallest absolute Gasteiger partial charge is 0.374 e. The first-order valence-electron chi connectivity index (χ1n) is 15.0. The molecule has 1 saturated heterocycles. The number of aromatic nitrogens is 6. The van der Waals surface area contributed by atoms with E-state index in [2.05, 4.69) is 31.5 Å². The van der Waals surface area contributed by atoms with E-state index >= 15 is 0 Å². The molecule has 3 aliphatic rings. The van der Waals surface area contributed by atoms with Crippen LogP contribution in [-0.4, -0.2) is 69.1 Å². The Morgan fingerprint density at radius 2 is 1.95 bits per heavy atom. The third-order valence-corrected chi connectivity index (χ3v) is 9.42. The van der Waals surface area contributed by atoms with E-state index in [-0.39, 0.29) is 11.9 Å². The normalized spacial score (nSPS) is 24.3. The van der Waals surface area contributed by atoms with Gasteiger partial charge in [0.2, 0.25) is 11.8 Å². The summed E-state index contributed by atoms with van der Waals surface area (Å²) < 4.78 is 13.4. The summed E-state index contributed by atoms with van der Waals surface area (Å²) in [6.45, 7) is 4.69. The molecule has 2 saturated carbocycles. The largest absolute Gasteiger partial charge is 0.439 e. The molecule has 12 heteroatoms. The van der Waals surface area contributed by atoms with Crippen LogP contribution in [0.3, 0.4) is 0 Å². The number of hydrogen-bond donors (Lipinski definition) is 1. The predicted octanol–water partition coefficient (Wildman–Crippen LogP) is 5.14. The molecule has 222 valence electrons. The molecule has 2 aliphatic carbocycles. The molecule has 3 fully saturated rings. The second-order valence-corrected chi connectivity index (χ2v) is 12.8. The number of ether oxygens (including phenoxy) is 1. The highest BCUT2D eigenvalue weighted by atomic mass is 35.5. The summed E-state index contributed by atoms with van der Waals surface area (Å²) in [6, 6.07) is 4.10. The van der Waals surface area contributed by atoms with Crippen LogP contribution in [0.2, 0.25) is 5.02 Å². The Morgan fingerprint density at radius 1 is 1.12 bits per heavy atom. The predicted molar refractivity (Wildman–Crippen MR) is 162 cm³/mol. The molecule has 7 rings (SSSR count). The lowest BCUT2D eigenvalue weighted by Gasteiger charge is -2.39. The summed E-state index contributed by atoms with van der Waals surface area (Å²) in [5, 5.41) is 4.46. The number of pyridine rings is 2. The van der Waals surface area contributed by atoms with Gasteiger partial charge in [0, 0.05) is 38.9 Å². The fourth-order valence-corrected chi connectivity index (χ4v) is 7.25. The van der Waals surface area contributed by atoms with Crippen molar-refractivity contribution in [3.8, 4) is 22.8 Å². The number of nitrogens with one attached hydrogen (secondary N) is 1. The highest BCUT2D eigenvalue weighted by Gasteiger charge is 2.39. The first-order valence-corrected chi connectivity index (χ1v) is 15.4. The number of hydrogen-bond acceptors (Lipinski definition) is 9. The Morgan fingerprint density at radius 3 is 2.71 bits per heavy atom. The van der Waals surface area contributed by atoms with E-state index in [0.717, 1.165) is 66.6 Å². The van der Waals surface area contributed by atoms with Gasteiger partial charge in [0.25, 0.3) is 0 Å². The van der Waals surface area contributed by atoms with Crippen LogP contribution >= 0.6 is 11.6 Å². The van der Waals surface area contributed by atoms with E-state index in [1.165, 1.54) is 25.7 Å². The number of rotatable bonds is 6. The van der Waals surface area contributed by atoms with Crippen LogP contribution in [0.25, 0.3) is 33.8 Å². The molecule has 4 aromatic heterocycles. The van der Waals surface area contributed by atoms with Crippen molar-refractivity contribution in [2.75, 3.05) is 37.0 Å². The van der Waals surface area contributed by atoms with Gasteiger partial charge in [0.05, 0.1) is 34.8 Å². The number of anilines is 2. The van der Waals surface area contributed by atoms with Crippen molar-refractivity contribution < 1.29 is 9.26 Å². The monoisotopic (exact) mass is 592 g/mol. The number of fused-ring (bicyclic) bond motifs is 2. The van der Waals surface area contributed by atoms with Crippen LogP contribution in [0.15, 0.2) is 27.6 Å². The van der Waals surface area contributed by atoms with E-state index in [4.69, 9.17) is 30.8 Å². The number of halogens is 1. The minimum absolute atomic E-state index is 0.230. The maximum Gasteiger partial charge on any atom is 0.439 e. The molecular formula is C30H37ClN8O3. The number of aromatic amines is 1. The van der Waals surface area contributed by atoms with Gasteiger partial charge in [-0.25, -0.2) is 19.7 Å². The van der Waals surface area contributed by atoms with Gasteiger partial charge in [-0.3, -0.25) is 9.51 Å². The van der Waals surface area contributed by atoms with Crippen molar-refractivity contribution in [1.82, 2.24) is 29.7 Å². The standard InChI is InChI=1S/C30H37ClN8O3/c1-17-7-9-18(10-8-17)16-39-26-21(34-29(39)38-11-12-41-24-6-4-5-23(24)38)14-22(27-35-30(40)42-36-27)33-25(26)20-13-19(31)15-32-28(20)37(2)3/h13-15,17-18,23-24H,4-12,16H2,1-3H3,(H,35,36,40)/t17?,18?,23-,24-/m0/s1. The number of morpholine rings is 1. The Balaban J connectivity index is 1.48. The van der Waals surface area contributed by atoms with Crippen LogP contribution in [0.1, 0.15) is 51.9 Å². The molecule has 1 N–H and O–H groups in total. The molecular weight excluding hydrogens is 556 g/mol. The molecule has 4 aromatic rings. The van der Waals surface area contributed by atoms with Crippen molar-refractivity contribution in [3.63, 3.8) is 0 Å². The second kappa shape index (κ2) is 11.0. The Labute approximate surface area is 249 Å². The average Bonchev–Trinajstić information content (AvgIpc) is 3.72. The molecule has 5 heterocycles. The second-order valence-electron chi connectivity index (χ2n) is 12.3. The highest BCUT2D eigenvalue weighted by molar-refractivity contribution is 6.30. The minimum Gasteiger partial charge on any atom is -0.374 e. The fraction of sp³-hybridized carbons (Fsp3) is 0.567. The van der Waals surface area contributed by atoms with Gasteiger partial charge in [0.15, 0.2) is 0 Å². The summed E-state index contributed by atoms with van der Waals surface area (Å²) in [4.78, 5) is 34.1. The minimum atomic E-state index is -0.634. The van der Waals surface area contributed by atoms with Crippen molar-refractivity contribution in [2.24, 2.45) is 11.8 Å². The maximum absolute atomic E-state index is 11.9. The van der Waals surface area contributed by atoms with Crippen molar-refractivity contribution >= 4 is 34.4 Å². The molecule has 2 atom stereocenters. The van der Waals surface area contributed by atoms with E-state index in [1.54, 1.807) is 6.20 Å². The Kier molecular flexibility index (Phi) is 7.17. The third kappa shape index (κ3) is 4.96. The number of imidazole rings is 1. The highest BCUT2D eigenvalue weighted by Crippen LogP contribution is 2.41. The van der Waals surface area contributed by atoms with E-state index in [0.29, 0.717) is 35.0 Å². The lowest BCUT2D eigenvalue weighted by Crippen LogP contribution is -2.49. The lowest BCUT2D eigenvalue weighted by molar-refractivity contribution is 0.0247. The average molecular weight is 593 g/mol. The quantitative estimate of drug-likeness (QED) is 0.324. The summed E-state index contributed by atoms with van der Waals surface area (Å²) >= 11 is 6.55. The molecule has 42 heavy (non-hydrogen) atoms. The van der Waals surface area contributed by atoms with Crippen molar-refractivity contribution in [3.05, 3.63) is 33.9 Å². The van der Waals surface area contributed by atoms with Crippen LogP contribution in [0, 0.1) is 11.8 Å². The van der Waals surface area contributed by atoms with Crippen molar-refractivity contribution in [2.45, 2.75) is 70.6 Å². The maximum atomic E-state index is 11.9. The molecule has 1 aliphatic heterocycles. The zero-order chi connectivity index (χ0) is 29.0. The molecule has 0 aromatic carbocycles. The Hall–Kier alpha value is -3.44. The summed E-state index contributed by atoms with van der Waals surface area (Å²) in [7, 11) is 3.91. The third-order valence-electron chi connectivity index (χ3n) is 9.21. The topological polar surface area (TPSA) is 118 Å². The van der Waals surface area contributed by atoms with Crippen LogP contribution < -0.4 is 15.6 Å². The van der Waals surface area contributed by atoms with Gasteiger partial charge < -0.3 is 19.1 Å². The van der Waals surface area contributed by atoms with E-state index in [1.807, 2.05) is 31.1 Å². The van der Waals surface area contributed by atoms with Crippen LogP contribution in [0.5, 0.6) is 0 Å². The summed E-state index contributed by atoms with van der Waals surface area (Å²) in [5.74, 6) is 2.63. The summed E-state index contributed by atoms with van der Waals surface area (Å²) in [6.07, 6.45) is 10.1. The van der Waals surface area contributed by atoms with Crippen molar-refractivity contribution in [1.29, 1.82) is 0 Å². The van der Waals surface area contributed by atoms with Gasteiger partial charge in [0.1, 0.15) is 17.2 Å². The fourth-order valence-electron chi connectivity index (χ4n) is 7.09. The van der Waals surface area contributed by atoms with Gasteiger partial charge in [-0.15, -0.1) is 0 Å². The van der Waals surface area contributed by atoms with E-state index < -0.39 is 5.76 Å². The SMILES string of the molecule is CC1CCC(Cn2c(N3CCO[C@H]4CCC[C@@H]43)nc3cc(-c4noc(=O)[nH]4)nc(-c4cc(Cl)cnc4N(C)C)c32)CC1. The van der Waals surface area contributed by atoms with Gasteiger partial charge >= 0.3 is 5.76 Å². The molecule has 0 radical (unpaired) electrons. The number of nitrogens with zero attached hydrogens (tertiary/aromatic N) is 7. The Bertz CT molecular complexity index is 1650. The van der Waals surface area contributed by atoms with Gasteiger partial charge in [-0.2, -0.15) is 0 Å². The molecule has 0 unspecified atom stereocenters. The first kappa shape index (κ1) is 27.4. The first-order chi connectivity index (χ1) is 20.4. The summed E-state index contributed by atoms with van der Waals surface area (Å²) in [5.41, 5.74) is 3.67.